The summed E-state index contributed by atoms with van der Waals surface area (Å²) < 4.78 is 33.2. The third-order valence-corrected chi connectivity index (χ3v) is 2.21. The Morgan fingerprint density at radius 1 is 1.53 bits per heavy atom. The molecule has 17 heavy (non-hydrogen) atoms. The van der Waals surface area contributed by atoms with Gasteiger partial charge in [0.1, 0.15) is 12.4 Å². The summed E-state index contributed by atoms with van der Waals surface area (Å²) in [5.74, 6) is 0. The van der Waals surface area contributed by atoms with Crippen molar-refractivity contribution in [1.29, 1.82) is 0 Å². The van der Waals surface area contributed by atoms with E-state index in [0.29, 0.717) is 0 Å². The minimum absolute atomic E-state index is 0.0656. The molecule has 1 aromatic heterocycles. The van der Waals surface area contributed by atoms with Crippen LogP contribution >= 0.6 is 7.91 Å². The second-order valence-electron chi connectivity index (χ2n) is 3.17. The summed E-state index contributed by atoms with van der Waals surface area (Å²) in [5, 5.41) is 0. The van der Waals surface area contributed by atoms with Gasteiger partial charge in [-0.25, -0.2) is 9.13 Å². The van der Waals surface area contributed by atoms with Crippen molar-refractivity contribution in [2.24, 2.45) is 7.05 Å². The average molecular weight is 268 g/mol. The summed E-state index contributed by atoms with van der Waals surface area (Å²) in [6, 6.07) is 0. The molecule has 0 N–H and O–H groups in total. The Morgan fingerprint density at radius 3 is 2.47 bits per heavy atom. The van der Waals surface area contributed by atoms with Crippen LogP contribution < -0.4 is 9.46 Å². The monoisotopic (exact) mass is 268 g/mol. The summed E-state index contributed by atoms with van der Waals surface area (Å²) in [5.41, 5.74) is 0. The van der Waals surface area contributed by atoms with E-state index in [1.807, 2.05) is 17.8 Å². The van der Waals surface area contributed by atoms with Crippen LogP contribution in [0.1, 0.15) is 6.92 Å². The third kappa shape index (κ3) is 10.1. The molecule has 0 spiro atoms. The largest absolute Gasteiger partial charge is 0.753 e. The maximum Gasteiger partial charge on any atom is 0.307 e. The average Bonchev–Trinajstić information content (AvgIpc) is 2.64. The molecule has 8 heteroatoms. The maximum absolute atomic E-state index is 11.4. The lowest BCUT2D eigenvalue weighted by molar-refractivity contribution is -0.671. The van der Waals surface area contributed by atoms with Crippen molar-refractivity contribution < 1.29 is 27.5 Å². The van der Waals surface area contributed by atoms with E-state index in [9.17, 15) is 13.7 Å². The number of aryl methyl sites for hydroxylation is 2. The van der Waals surface area contributed by atoms with E-state index in [4.69, 9.17) is 0 Å². The normalized spacial score (nSPS) is 13.7. The van der Waals surface area contributed by atoms with E-state index in [1.54, 1.807) is 0 Å². The number of hydrogen-bond acceptors (Lipinski definition) is 4. The van der Waals surface area contributed by atoms with E-state index >= 15 is 0 Å². The predicted molar refractivity (Wildman–Crippen MR) is 57.8 cm³/mol. The smallest absolute Gasteiger partial charge is 0.307 e. The number of imidazole rings is 1. The molecule has 0 aliphatic heterocycles. The predicted octanol–water partition coefficient (Wildman–Crippen LogP) is 0.420. The molecular formula is C9H18FN2O4P. The van der Waals surface area contributed by atoms with Crippen LogP contribution in [-0.2, 0) is 27.4 Å². The van der Waals surface area contributed by atoms with Crippen molar-refractivity contribution >= 4 is 7.91 Å². The molecule has 0 aliphatic carbocycles. The lowest BCUT2D eigenvalue weighted by Gasteiger charge is -2.11. The van der Waals surface area contributed by atoms with Crippen molar-refractivity contribution in [1.82, 2.24) is 4.57 Å². The summed E-state index contributed by atoms with van der Waals surface area (Å²) in [6.07, 6.45) is 6.14. The molecule has 0 aliphatic rings. The molecule has 1 heterocycles. The molecule has 6 nitrogen and oxygen atoms in total. The Kier molecular flexibility index (Phi) is 7.99. The zero-order chi connectivity index (χ0) is 13.3. The molecule has 1 atom stereocenters. The molecule has 0 amide bonds. The maximum atomic E-state index is 11.4. The minimum Gasteiger partial charge on any atom is -0.753 e. The van der Waals surface area contributed by atoms with Crippen LogP contribution in [0.3, 0.4) is 0 Å². The number of hydrogen-bond donors (Lipinski definition) is 0. The van der Waals surface area contributed by atoms with Crippen LogP contribution in [0.25, 0.3) is 0 Å². The van der Waals surface area contributed by atoms with Crippen LogP contribution in [-0.4, -0.2) is 24.9 Å². The van der Waals surface area contributed by atoms with Crippen molar-refractivity contribution in [2.45, 2.75) is 13.5 Å². The Morgan fingerprint density at radius 2 is 2.18 bits per heavy atom. The molecule has 100 valence electrons. The zero-order valence-corrected chi connectivity index (χ0v) is 11.1. The highest BCUT2D eigenvalue weighted by Gasteiger charge is 2.02. The highest BCUT2D eigenvalue weighted by atomic mass is 31.2. The fourth-order valence-corrected chi connectivity index (χ4v) is 1.21. The number of ether oxygens (including phenoxy) is 1. The van der Waals surface area contributed by atoms with E-state index in [-0.39, 0.29) is 13.2 Å². The first-order valence-electron chi connectivity index (χ1n) is 5.04. The second-order valence-corrected chi connectivity index (χ2v) is 4.29. The first kappa shape index (κ1) is 16.2. The van der Waals surface area contributed by atoms with E-state index in [2.05, 4.69) is 33.3 Å². The van der Waals surface area contributed by atoms with Gasteiger partial charge in [-0.05, 0) is 6.92 Å². The van der Waals surface area contributed by atoms with Gasteiger partial charge in [0.15, 0.2) is 0 Å². The first-order chi connectivity index (χ1) is 7.89. The highest BCUT2D eigenvalue weighted by Crippen LogP contribution is 2.37. The lowest BCUT2D eigenvalue weighted by Crippen LogP contribution is -2.23. The van der Waals surface area contributed by atoms with Gasteiger partial charge in [0.25, 0.3) is 0 Å². The Bertz CT molecular complexity index is 353. The Balaban J connectivity index is 0.000000302. The van der Waals surface area contributed by atoms with Gasteiger partial charge in [-0.3, -0.25) is 4.57 Å². The van der Waals surface area contributed by atoms with Crippen LogP contribution in [0.5, 0.6) is 0 Å². The van der Waals surface area contributed by atoms with Crippen molar-refractivity contribution in [3.05, 3.63) is 18.7 Å². The first-order valence-corrected chi connectivity index (χ1v) is 6.47. The van der Waals surface area contributed by atoms with Gasteiger partial charge in [0.2, 0.25) is 6.33 Å². The molecule has 0 saturated carbocycles. The number of rotatable bonds is 5. The van der Waals surface area contributed by atoms with Crippen LogP contribution in [0.4, 0.5) is 4.20 Å². The molecule has 1 rings (SSSR count). The van der Waals surface area contributed by atoms with Crippen molar-refractivity contribution in [3.63, 3.8) is 0 Å². The van der Waals surface area contributed by atoms with Crippen molar-refractivity contribution in [2.75, 3.05) is 20.3 Å². The summed E-state index contributed by atoms with van der Waals surface area (Å²) in [4.78, 5) is 9.59. The Hall–Kier alpha value is -0.750. The second kappa shape index (κ2) is 8.36. The fourth-order valence-electron chi connectivity index (χ4n) is 0.918. The molecule has 0 saturated heterocycles. The summed E-state index contributed by atoms with van der Waals surface area (Å²) >= 11 is 0. The highest BCUT2D eigenvalue weighted by molar-refractivity contribution is 7.45. The van der Waals surface area contributed by atoms with Gasteiger partial charge in [-0.1, -0.05) is 0 Å². The van der Waals surface area contributed by atoms with Gasteiger partial charge in [0.05, 0.1) is 26.8 Å². The molecule has 0 fully saturated rings. The zero-order valence-electron chi connectivity index (χ0n) is 10.2. The molecular weight excluding hydrogens is 250 g/mol. The Labute approximate surface area is 100 Å². The molecule has 1 unspecified atom stereocenters. The van der Waals surface area contributed by atoms with Gasteiger partial charge in [0, 0.05) is 7.11 Å². The quantitative estimate of drug-likeness (QED) is 0.441. The number of aromatic nitrogens is 2. The molecule has 0 aromatic carbocycles. The number of methoxy groups -OCH3 is 1. The fraction of sp³-hybridized carbons (Fsp3) is 0.667. The van der Waals surface area contributed by atoms with Gasteiger partial charge < -0.3 is 14.2 Å². The van der Waals surface area contributed by atoms with Crippen molar-refractivity contribution in [3.8, 4) is 0 Å². The SMILES string of the molecule is CCn1cc[n+](C)c1.COCCOP(=O)([O-])F. The number of halogens is 1. The van der Waals surface area contributed by atoms with Gasteiger partial charge in [-0.15, -0.1) is 0 Å². The molecule has 0 radical (unpaired) electrons. The van der Waals surface area contributed by atoms with Gasteiger partial charge in [-0.2, -0.15) is 4.20 Å². The van der Waals surface area contributed by atoms with E-state index < -0.39 is 7.91 Å². The topological polar surface area (TPSA) is 67.4 Å². The van der Waals surface area contributed by atoms with Crippen LogP contribution in [0.2, 0.25) is 0 Å². The summed E-state index contributed by atoms with van der Waals surface area (Å²) in [7, 11) is -1.65. The van der Waals surface area contributed by atoms with E-state index in [1.165, 1.54) is 7.11 Å². The number of nitrogens with zero attached hydrogens (tertiary/aromatic N) is 2. The third-order valence-electron chi connectivity index (χ3n) is 1.72. The van der Waals surface area contributed by atoms with Crippen LogP contribution in [0.15, 0.2) is 18.7 Å². The molecule has 0 bridgehead atoms. The summed E-state index contributed by atoms with van der Waals surface area (Å²) in [6.45, 7) is 2.98. The standard InChI is InChI=1S/C6H11N2.C3H8FO4P/c1-3-8-5-4-7(2)6-8;1-7-2-3-8-9(4,5)6/h4-6H,3H2,1-2H3;2-3H2,1H3,(H,5,6)/q+1;/p-1. The van der Waals surface area contributed by atoms with Gasteiger partial charge >= 0.3 is 7.91 Å². The van der Waals surface area contributed by atoms with Crippen LogP contribution in [0, 0.1) is 0 Å². The lowest BCUT2D eigenvalue weighted by atomic mass is 10.7. The minimum atomic E-state index is -5.03. The molecule has 1 aromatic rings. The van der Waals surface area contributed by atoms with E-state index in [0.717, 1.165) is 6.54 Å².